The molecule has 1 aliphatic carbocycles. The van der Waals surface area contributed by atoms with Crippen molar-refractivity contribution in [3.63, 3.8) is 0 Å². The predicted octanol–water partition coefficient (Wildman–Crippen LogP) is 3.54. The first-order chi connectivity index (χ1) is 16.1. The molecular formula is C25H33FN6O. The lowest BCUT2D eigenvalue weighted by Gasteiger charge is -2.37. The van der Waals surface area contributed by atoms with Gasteiger partial charge >= 0.3 is 0 Å². The van der Waals surface area contributed by atoms with Crippen molar-refractivity contribution in [2.75, 3.05) is 54.4 Å². The van der Waals surface area contributed by atoms with Crippen LogP contribution in [0.2, 0.25) is 0 Å². The van der Waals surface area contributed by atoms with Crippen molar-refractivity contribution in [1.29, 1.82) is 0 Å². The van der Waals surface area contributed by atoms with Gasteiger partial charge in [0.15, 0.2) is 0 Å². The van der Waals surface area contributed by atoms with Crippen LogP contribution < -0.4 is 15.1 Å². The maximum absolute atomic E-state index is 13.2. The molecule has 0 unspecified atom stereocenters. The average molecular weight is 453 g/mol. The normalized spacial score (nSPS) is 21.2. The fraction of sp³-hybridized carbons (Fsp3) is 0.560. The van der Waals surface area contributed by atoms with Crippen molar-refractivity contribution < 1.29 is 9.18 Å². The van der Waals surface area contributed by atoms with Crippen molar-refractivity contribution in [3.8, 4) is 0 Å². The van der Waals surface area contributed by atoms with E-state index >= 15 is 0 Å². The molecule has 1 N–H and O–H groups in total. The minimum atomic E-state index is -0.219. The van der Waals surface area contributed by atoms with E-state index in [-0.39, 0.29) is 11.7 Å². The van der Waals surface area contributed by atoms with E-state index in [1.165, 1.54) is 31.4 Å². The zero-order valence-corrected chi connectivity index (χ0v) is 19.1. The smallest absolute Gasteiger partial charge is 0.222 e. The lowest BCUT2D eigenvalue weighted by molar-refractivity contribution is -0.131. The number of nitrogens with zero attached hydrogens (tertiary/aromatic N) is 5. The molecule has 176 valence electrons. The highest BCUT2D eigenvalue weighted by molar-refractivity contribution is 5.76. The highest BCUT2D eigenvalue weighted by Gasteiger charge is 2.26. The number of hydrogen-bond acceptors (Lipinski definition) is 6. The Labute approximate surface area is 195 Å². The third kappa shape index (κ3) is 5.72. The van der Waals surface area contributed by atoms with Crippen LogP contribution >= 0.6 is 0 Å². The van der Waals surface area contributed by atoms with Crippen LogP contribution in [0.4, 0.5) is 21.7 Å². The first kappa shape index (κ1) is 21.9. The Hall–Kier alpha value is -2.90. The van der Waals surface area contributed by atoms with Gasteiger partial charge in [0.1, 0.15) is 23.8 Å². The summed E-state index contributed by atoms with van der Waals surface area (Å²) in [5.41, 5.74) is 1.02. The van der Waals surface area contributed by atoms with Crippen molar-refractivity contribution in [2.45, 2.75) is 44.6 Å². The molecule has 33 heavy (non-hydrogen) atoms. The van der Waals surface area contributed by atoms with Gasteiger partial charge in [-0.2, -0.15) is 0 Å². The fourth-order valence-corrected chi connectivity index (χ4v) is 4.90. The van der Waals surface area contributed by atoms with Gasteiger partial charge in [-0.15, -0.1) is 0 Å². The van der Waals surface area contributed by atoms with Gasteiger partial charge < -0.3 is 20.0 Å². The number of anilines is 3. The van der Waals surface area contributed by atoms with Crippen LogP contribution in [0.15, 0.2) is 36.7 Å². The summed E-state index contributed by atoms with van der Waals surface area (Å²) in [4.78, 5) is 28.3. The van der Waals surface area contributed by atoms with E-state index in [2.05, 4.69) is 31.2 Å². The molecule has 0 spiro atoms. The Morgan fingerprint density at radius 3 is 2.55 bits per heavy atom. The minimum Gasteiger partial charge on any atom is -0.368 e. The lowest BCUT2D eigenvalue weighted by Crippen LogP contribution is -2.49. The zero-order valence-electron chi connectivity index (χ0n) is 19.1. The monoisotopic (exact) mass is 452 g/mol. The van der Waals surface area contributed by atoms with E-state index in [1.807, 2.05) is 17.0 Å². The summed E-state index contributed by atoms with van der Waals surface area (Å²) < 4.78 is 13.2. The van der Waals surface area contributed by atoms with Crippen LogP contribution in [0.3, 0.4) is 0 Å². The number of amides is 1. The molecular weight excluding hydrogens is 419 g/mol. The number of benzene rings is 1. The van der Waals surface area contributed by atoms with Crippen molar-refractivity contribution >= 4 is 23.2 Å². The molecule has 2 aliphatic heterocycles. The summed E-state index contributed by atoms with van der Waals surface area (Å²) in [6.45, 7) is 5.00. The van der Waals surface area contributed by atoms with E-state index in [1.54, 1.807) is 6.33 Å². The van der Waals surface area contributed by atoms with Crippen LogP contribution in [-0.4, -0.2) is 66.1 Å². The molecule has 7 nitrogen and oxygen atoms in total. The molecule has 8 heteroatoms. The van der Waals surface area contributed by atoms with Gasteiger partial charge in [-0.1, -0.05) is 0 Å². The molecule has 1 atom stereocenters. The van der Waals surface area contributed by atoms with Gasteiger partial charge in [-0.25, -0.2) is 14.4 Å². The number of carbonyl (C=O) groups is 1. The van der Waals surface area contributed by atoms with E-state index in [9.17, 15) is 9.18 Å². The van der Waals surface area contributed by atoms with Gasteiger partial charge in [-0.3, -0.25) is 4.79 Å². The number of piperidine rings is 1. The van der Waals surface area contributed by atoms with Gasteiger partial charge in [-0.05, 0) is 62.3 Å². The maximum Gasteiger partial charge on any atom is 0.222 e. The molecule has 1 saturated carbocycles. The van der Waals surface area contributed by atoms with Crippen LogP contribution in [-0.2, 0) is 4.79 Å². The fourth-order valence-electron chi connectivity index (χ4n) is 4.90. The van der Waals surface area contributed by atoms with E-state index in [0.29, 0.717) is 18.4 Å². The molecule has 5 rings (SSSR count). The van der Waals surface area contributed by atoms with Crippen molar-refractivity contribution in [2.24, 2.45) is 5.92 Å². The molecule has 2 aromatic rings. The Morgan fingerprint density at radius 1 is 1.00 bits per heavy atom. The van der Waals surface area contributed by atoms with E-state index in [4.69, 9.17) is 0 Å². The second-order valence-electron chi connectivity index (χ2n) is 9.52. The molecule has 1 aromatic heterocycles. The summed E-state index contributed by atoms with van der Waals surface area (Å²) in [5.74, 6) is 2.45. The van der Waals surface area contributed by atoms with Crippen molar-refractivity contribution in [3.05, 3.63) is 42.5 Å². The second-order valence-corrected chi connectivity index (χ2v) is 9.52. The van der Waals surface area contributed by atoms with E-state index < -0.39 is 0 Å². The summed E-state index contributed by atoms with van der Waals surface area (Å²) in [5, 5.41) is 3.45. The highest BCUT2D eigenvalue weighted by atomic mass is 19.1. The minimum absolute atomic E-state index is 0.219. The van der Waals surface area contributed by atoms with Crippen molar-refractivity contribution in [1.82, 2.24) is 14.9 Å². The average Bonchev–Trinajstić information content (AvgIpc) is 3.67. The number of nitrogens with one attached hydrogen (secondary N) is 1. The van der Waals surface area contributed by atoms with E-state index in [0.717, 1.165) is 69.4 Å². The summed E-state index contributed by atoms with van der Waals surface area (Å²) in [6, 6.07) is 9.24. The Morgan fingerprint density at radius 2 is 1.79 bits per heavy atom. The predicted molar refractivity (Wildman–Crippen MR) is 128 cm³/mol. The number of rotatable bonds is 7. The molecule has 0 bridgehead atoms. The standard InChI is InChI=1S/C25H33FN6O/c26-20-4-8-22(9-5-20)30-12-14-31(15-13-30)25(33)10-3-19-2-1-11-32(17-19)24-16-23(27-18-28-24)29-21-6-7-21/h4-5,8-9,16,18-19,21H,1-3,6-7,10-15,17H2,(H,27,28,29)/t19-/m0/s1. The maximum atomic E-state index is 13.2. The number of halogens is 1. The Bertz CT molecular complexity index is 942. The number of piperazine rings is 1. The third-order valence-corrected chi connectivity index (χ3v) is 7.02. The largest absolute Gasteiger partial charge is 0.368 e. The molecule has 3 heterocycles. The molecule has 3 aliphatic rings. The third-order valence-electron chi connectivity index (χ3n) is 7.02. The van der Waals surface area contributed by atoms with Crippen LogP contribution in [0.25, 0.3) is 0 Å². The Balaban J connectivity index is 1.08. The Kier molecular flexibility index (Phi) is 6.60. The van der Waals surface area contributed by atoms with Gasteiger partial charge in [0, 0.05) is 63.5 Å². The summed E-state index contributed by atoms with van der Waals surface area (Å²) in [6.07, 6.45) is 7.92. The van der Waals surface area contributed by atoms with Gasteiger partial charge in [0.2, 0.25) is 5.91 Å². The summed E-state index contributed by atoms with van der Waals surface area (Å²) >= 11 is 0. The number of carbonyl (C=O) groups excluding carboxylic acids is 1. The molecule has 0 radical (unpaired) electrons. The van der Waals surface area contributed by atoms with Gasteiger partial charge in [0.25, 0.3) is 0 Å². The SMILES string of the molecule is O=C(CC[C@@H]1CCCN(c2cc(NC3CC3)ncn2)C1)N1CCN(c2ccc(F)cc2)CC1. The quantitative estimate of drug-likeness (QED) is 0.693. The van der Waals surface area contributed by atoms with Crippen LogP contribution in [0.1, 0.15) is 38.5 Å². The second kappa shape index (κ2) is 9.93. The molecule has 3 fully saturated rings. The van der Waals surface area contributed by atoms with Crippen LogP contribution in [0.5, 0.6) is 0 Å². The number of hydrogen-bond donors (Lipinski definition) is 1. The molecule has 1 aromatic carbocycles. The molecule has 1 amide bonds. The van der Waals surface area contributed by atoms with Gasteiger partial charge in [0.05, 0.1) is 0 Å². The summed E-state index contributed by atoms with van der Waals surface area (Å²) in [7, 11) is 0. The zero-order chi connectivity index (χ0) is 22.6. The van der Waals surface area contributed by atoms with Crippen LogP contribution in [0, 0.1) is 11.7 Å². The number of aromatic nitrogens is 2. The highest BCUT2D eigenvalue weighted by Crippen LogP contribution is 2.28. The topological polar surface area (TPSA) is 64.6 Å². The lowest BCUT2D eigenvalue weighted by atomic mass is 9.93. The first-order valence-electron chi connectivity index (χ1n) is 12.3. The first-order valence-corrected chi connectivity index (χ1v) is 12.3. The molecule has 2 saturated heterocycles.